The lowest BCUT2D eigenvalue weighted by molar-refractivity contribution is -0.0870. The lowest BCUT2D eigenvalue weighted by Gasteiger charge is -2.35. The molecule has 0 radical (unpaired) electrons. The highest BCUT2D eigenvalue weighted by atomic mass is 16.5. The van der Waals surface area contributed by atoms with Gasteiger partial charge in [-0.25, -0.2) is 0 Å². The van der Waals surface area contributed by atoms with Crippen LogP contribution in [-0.4, -0.2) is 28.5 Å². The molecule has 2 aliphatic carbocycles. The second-order valence-corrected chi connectivity index (χ2v) is 10.5. The number of hydrogen-bond acceptors (Lipinski definition) is 3. The first-order valence-electron chi connectivity index (χ1n) is 11.9. The molecule has 1 N–H and O–H groups in total. The largest absolute Gasteiger partial charge is 0.508 e. The summed E-state index contributed by atoms with van der Waals surface area (Å²) in [7, 11) is 0. The van der Waals surface area contributed by atoms with Gasteiger partial charge in [-0.15, -0.1) is 0 Å². The van der Waals surface area contributed by atoms with Gasteiger partial charge in [0, 0.05) is 12.8 Å². The molecule has 164 valence electrons. The van der Waals surface area contributed by atoms with Crippen molar-refractivity contribution < 1.29 is 14.6 Å². The zero-order valence-electron chi connectivity index (χ0n) is 19.1. The van der Waals surface area contributed by atoms with Crippen molar-refractivity contribution in [2.45, 2.75) is 128 Å². The van der Waals surface area contributed by atoms with Gasteiger partial charge in [-0.2, -0.15) is 0 Å². The molecule has 2 fully saturated rings. The summed E-state index contributed by atoms with van der Waals surface area (Å²) in [5, 5.41) is 10.7. The predicted octanol–water partition coefficient (Wildman–Crippen LogP) is 6.73. The SMILES string of the molecule is CC(C)(Cc1cccc(O)c1CC(C)(C)OC1CCCCC1)OC1CCCCC1. The van der Waals surface area contributed by atoms with Crippen molar-refractivity contribution in [3.05, 3.63) is 29.3 Å². The Morgan fingerprint density at radius 3 is 1.76 bits per heavy atom. The van der Waals surface area contributed by atoms with Crippen LogP contribution < -0.4 is 0 Å². The van der Waals surface area contributed by atoms with E-state index < -0.39 is 0 Å². The summed E-state index contributed by atoms with van der Waals surface area (Å²) in [6, 6.07) is 5.92. The van der Waals surface area contributed by atoms with Gasteiger partial charge in [0.25, 0.3) is 0 Å². The van der Waals surface area contributed by atoms with Crippen molar-refractivity contribution in [1.29, 1.82) is 0 Å². The number of aromatic hydroxyl groups is 1. The average Bonchev–Trinajstić information content (AvgIpc) is 2.65. The standard InChI is InChI=1S/C26H42O3/c1-25(2,28-21-13-7-5-8-14-21)18-20-12-11-17-24(27)23(20)19-26(3,4)29-22-15-9-6-10-16-22/h11-12,17,21-22,27H,5-10,13-16,18-19H2,1-4H3. The number of phenols is 1. The molecule has 0 amide bonds. The molecule has 0 unspecified atom stereocenters. The van der Waals surface area contributed by atoms with Crippen LogP contribution in [-0.2, 0) is 22.3 Å². The quantitative estimate of drug-likeness (QED) is 0.524. The first-order valence-corrected chi connectivity index (χ1v) is 11.9. The van der Waals surface area contributed by atoms with Crippen LogP contribution in [0.15, 0.2) is 18.2 Å². The minimum atomic E-state index is -0.288. The summed E-state index contributed by atoms with van der Waals surface area (Å²) in [5.74, 6) is 0.385. The minimum Gasteiger partial charge on any atom is -0.508 e. The smallest absolute Gasteiger partial charge is 0.119 e. The number of ether oxygens (including phenoxy) is 2. The number of benzene rings is 1. The van der Waals surface area contributed by atoms with Gasteiger partial charge >= 0.3 is 0 Å². The van der Waals surface area contributed by atoms with Crippen molar-refractivity contribution in [1.82, 2.24) is 0 Å². The molecule has 0 bridgehead atoms. The number of phenolic OH excluding ortho intramolecular Hbond substituents is 1. The maximum atomic E-state index is 10.7. The maximum Gasteiger partial charge on any atom is 0.119 e. The van der Waals surface area contributed by atoms with Crippen molar-refractivity contribution in [3.8, 4) is 5.75 Å². The van der Waals surface area contributed by atoms with Crippen LogP contribution in [0, 0.1) is 0 Å². The normalized spacial score (nSPS) is 20.1. The molecule has 1 aromatic rings. The van der Waals surface area contributed by atoms with Crippen LogP contribution in [0.4, 0.5) is 0 Å². The molecular weight excluding hydrogens is 360 g/mol. The van der Waals surface area contributed by atoms with Gasteiger partial charge in [-0.1, -0.05) is 50.7 Å². The molecule has 0 atom stereocenters. The van der Waals surface area contributed by atoms with Gasteiger partial charge in [-0.05, 0) is 70.6 Å². The van der Waals surface area contributed by atoms with Crippen LogP contribution in [0.2, 0.25) is 0 Å². The van der Waals surface area contributed by atoms with Crippen molar-refractivity contribution in [3.63, 3.8) is 0 Å². The fourth-order valence-corrected chi connectivity index (χ4v) is 5.23. The van der Waals surface area contributed by atoms with Crippen LogP contribution in [0.1, 0.15) is 103 Å². The fraction of sp³-hybridized carbons (Fsp3) is 0.769. The highest BCUT2D eigenvalue weighted by molar-refractivity contribution is 5.41. The Labute approximate surface area is 178 Å². The predicted molar refractivity (Wildman–Crippen MR) is 120 cm³/mol. The molecule has 3 rings (SSSR count). The van der Waals surface area contributed by atoms with E-state index in [9.17, 15) is 5.11 Å². The fourth-order valence-electron chi connectivity index (χ4n) is 5.23. The Balaban J connectivity index is 1.68. The molecule has 0 heterocycles. The van der Waals surface area contributed by atoms with Gasteiger partial charge in [0.1, 0.15) is 5.75 Å². The minimum absolute atomic E-state index is 0.237. The molecule has 2 saturated carbocycles. The zero-order chi connectivity index (χ0) is 20.9. The van der Waals surface area contributed by atoms with Crippen molar-refractivity contribution in [2.24, 2.45) is 0 Å². The third kappa shape index (κ3) is 7.00. The summed E-state index contributed by atoms with van der Waals surface area (Å²) < 4.78 is 13.0. The summed E-state index contributed by atoms with van der Waals surface area (Å²) in [6.45, 7) is 8.72. The molecule has 3 nitrogen and oxygen atoms in total. The van der Waals surface area contributed by atoms with E-state index in [-0.39, 0.29) is 11.2 Å². The maximum absolute atomic E-state index is 10.7. The molecule has 29 heavy (non-hydrogen) atoms. The molecular formula is C26H42O3. The van der Waals surface area contributed by atoms with E-state index >= 15 is 0 Å². The van der Waals surface area contributed by atoms with E-state index in [0.29, 0.717) is 18.0 Å². The topological polar surface area (TPSA) is 38.7 Å². The van der Waals surface area contributed by atoms with E-state index in [1.165, 1.54) is 69.8 Å². The molecule has 2 aliphatic rings. The van der Waals surface area contributed by atoms with Crippen molar-refractivity contribution in [2.75, 3.05) is 0 Å². The highest BCUT2D eigenvalue weighted by Crippen LogP contribution is 2.34. The highest BCUT2D eigenvalue weighted by Gasteiger charge is 2.30. The Hall–Kier alpha value is -1.06. The van der Waals surface area contributed by atoms with E-state index in [2.05, 4.69) is 33.8 Å². The summed E-state index contributed by atoms with van der Waals surface area (Å²) in [4.78, 5) is 0. The van der Waals surface area contributed by atoms with Gasteiger partial charge in [0.15, 0.2) is 0 Å². The van der Waals surface area contributed by atoms with E-state index in [0.717, 1.165) is 18.4 Å². The molecule has 0 aliphatic heterocycles. The van der Waals surface area contributed by atoms with Crippen LogP contribution in [0.5, 0.6) is 5.75 Å². The second-order valence-electron chi connectivity index (χ2n) is 10.5. The van der Waals surface area contributed by atoms with Crippen molar-refractivity contribution >= 4 is 0 Å². The van der Waals surface area contributed by atoms with Crippen LogP contribution in [0.3, 0.4) is 0 Å². The summed E-state index contributed by atoms with van der Waals surface area (Å²) in [5.41, 5.74) is 1.68. The van der Waals surface area contributed by atoms with Gasteiger partial charge in [0.2, 0.25) is 0 Å². The Morgan fingerprint density at radius 1 is 0.759 bits per heavy atom. The molecule has 0 saturated heterocycles. The van der Waals surface area contributed by atoms with Gasteiger partial charge in [-0.3, -0.25) is 0 Å². The lowest BCUT2D eigenvalue weighted by atomic mass is 9.87. The second kappa shape index (κ2) is 9.83. The number of rotatable bonds is 8. The Kier molecular flexibility index (Phi) is 7.67. The first kappa shape index (κ1) is 22.6. The van der Waals surface area contributed by atoms with Gasteiger partial charge in [0.05, 0.1) is 23.4 Å². The zero-order valence-corrected chi connectivity index (χ0v) is 19.1. The van der Waals surface area contributed by atoms with Crippen LogP contribution >= 0.6 is 0 Å². The Bertz CT molecular complexity index is 637. The molecule has 3 heteroatoms. The molecule has 0 spiro atoms. The third-order valence-corrected chi connectivity index (χ3v) is 6.54. The van der Waals surface area contributed by atoms with Crippen LogP contribution in [0.25, 0.3) is 0 Å². The molecule has 1 aromatic carbocycles. The Morgan fingerprint density at radius 2 is 1.24 bits per heavy atom. The monoisotopic (exact) mass is 402 g/mol. The number of hydrogen-bond donors (Lipinski definition) is 1. The van der Waals surface area contributed by atoms with E-state index in [1.807, 2.05) is 12.1 Å². The lowest BCUT2D eigenvalue weighted by Crippen LogP contribution is -2.36. The molecule has 0 aromatic heterocycles. The van der Waals surface area contributed by atoms with E-state index in [1.54, 1.807) is 0 Å². The third-order valence-electron chi connectivity index (χ3n) is 6.54. The van der Waals surface area contributed by atoms with Gasteiger partial charge < -0.3 is 14.6 Å². The first-order chi connectivity index (χ1) is 13.7. The average molecular weight is 403 g/mol. The summed E-state index contributed by atoms with van der Waals surface area (Å²) >= 11 is 0. The summed E-state index contributed by atoms with van der Waals surface area (Å²) in [6.07, 6.45) is 14.8. The van der Waals surface area contributed by atoms with E-state index in [4.69, 9.17) is 9.47 Å².